The Balaban J connectivity index is 1.20. The topological polar surface area (TPSA) is 34.0 Å². The summed E-state index contributed by atoms with van der Waals surface area (Å²) < 4.78 is 3.82. The van der Waals surface area contributed by atoms with Crippen LogP contribution in [0, 0.1) is 0 Å². The molecule has 13 rings (SSSR count). The zero-order valence-electron chi connectivity index (χ0n) is 28.4. The van der Waals surface area contributed by atoms with Crippen LogP contribution in [-0.4, -0.2) is 20.6 Å². The summed E-state index contributed by atoms with van der Waals surface area (Å²) in [6.45, 7) is 0. The van der Waals surface area contributed by atoms with E-state index in [-0.39, 0.29) is 12.0 Å². The van der Waals surface area contributed by atoms with Gasteiger partial charge in [-0.1, -0.05) is 109 Å². The van der Waals surface area contributed by atoms with Crippen molar-refractivity contribution >= 4 is 82.6 Å². The first-order valence-corrected chi connectivity index (χ1v) is 19.1. The highest BCUT2D eigenvalue weighted by Gasteiger charge is 2.47. The third kappa shape index (κ3) is 3.55. The molecular formula is C48H28N4S. The van der Waals surface area contributed by atoms with Crippen LogP contribution in [-0.2, 0) is 0 Å². The molecule has 246 valence electrons. The molecule has 0 fully saturated rings. The minimum Gasteiger partial charge on any atom is -0.316 e. The van der Waals surface area contributed by atoms with Gasteiger partial charge in [0.2, 0.25) is 0 Å². The Kier molecular flexibility index (Phi) is 5.33. The number of para-hydroxylation sites is 1. The normalized spacial score (nSPS) is 16.6. The van der Waals surface area contributed by atoms with Crippen molar-refractivity contribution in [1.29, 1.82) is 0 Å². The van der Waals surface area contributed by atoms with Crippen molar-refractivity contribution < 1.29 is 0 Å². The average Bonchev–Trinajstić information content (AvgIpc) is 3.88. The number of hydrogen-bond donors (Lipinski definition) is 0. The van der Waals surface area contributed by atoms with Gasteiger partial charge in [0.15, 0.2) is 5.82 Å². The fraction of sp³-hybridized carbons (Fsp3) is 0.0417. The Labute approximate surface area is 308 Å². The maximum absolute atomic E-state index is 5.61. The lowest BCUT2D eigenvalue weighted by atomic mass is 9.78. The van der Waals surface area contributed by atoms with Crippen molar-refractivity contribution in [2.45, 2.75) is 12.0 Å². The summed E-state index contributed by atoms with van der Waals surface area (Å²) in [6, 6.07) is 52.8. The zero-order chi connectivity index (χ0) is 34.4. The lowest BCUT2D eigenvalue weighted by Gasteiger charge is -2.31. The minimum absolute atomic E-state index is 0.0176. The van der Waals surface area contributed by atoms with Crippen LogP contribution in [0.3, 0.4) is 0 Å². The molecule has 0 bridgehead atoms. The molecule has 3 aliphatic rings. The lowest BCUT2D eigenvalue weighted by Crippen LogP contribution is -2.31. The SMILES string of the molecule is C1=CC2C3c4c1sc1cccc(c41)-c1cccc4c1c1c3c(ccc1n4-c1ccccc1)N2c1nc2ccc3ccccc3c2nc1-c1ccccc1. The number of thiophene rings is 1. The molecule has 10 aromatic rings. The molecule has 0 amide bonds. The van der Waals surface area contributed by atoms with Gasteiger partial charge in [0.25, 0.3) is 0 Å². The van der Waals surface area contributed by atoms with Gasteiger partial charge in [-0.2, -0.15) is 0 Å². The number of aromatic nitrogens is 3. The third-order valence-electron chi connectivity index (χ3n) is 11.8. The van der Waals surface area contributed by atoms with Gasteiger partial charge in [-0.15, -0.1) is 11.3 Å². The van der Waals surface area contributed by atoms with Crippen LogP contribution in [0.5, 0.6) is 0 Å². The first-order valence-electron chi connectivity index (χ1n) is 18.3. The Hall–Kier alpha value is -6.56. The van der Waals surface area contributed by atoms with E-state index in [1.54, 1.807) is 0 Å². The van der Waals surface area contributed by atoms with E-state index >= 15 is 0 Å². The van der Waals surface area contributed by atoms with Crippen LogP contribution in [0.25, 0.3) is 87.8 Å². The van der Waals surface area contributed by atoms with Gasteiger partial charge in [-0.05, 0) is 76.2 Å². The molecule has 1 aliphatic heterocycles. The molecule has 3 aromatic heterocycles. The van der Waals surface area contributed by atoms with Crippen LogP contribution in [0.1, 0.15) is 21.9 Å². The predicted octanol–water partition coefficient (Wildman–Crippen LogP) is 12.4. The van der Waals surface area contributed by atoms with E-state index in [2.05, 4.69) is 167 Å². The lowest BCUT2D eigenvalue weighted by molar-refractivity contribution is 0.729. The number of hydrogen-bond acceptors (Lipinski definition) is 4. The molecule has 4 heterocycles. The first-order chi connectivity index (χ1) is 26.3. The van der Waals surface area contributed by atoms with E-state index in [4.69, 9.17) is 9.97 Å². The highest BCUT2D eigenvalue weighted by molar-refractivity contribution is 7.20. The van der Waals surface area contributed by atoms with Crippen molar-refractivity contribution in [2.75, 3.05) is 4.90 Å². The van der Waals surface area contributed by atoms with Crippen molar-refractivity contribution in [3.05, 3.63) is 168 Å². The predicted molar refractivity (Wildman–Crippen MR) is 221 cm³/mol. The van der Waals surface area contributed by atoms with E-state index in [0.29, 0.717) is 0 Å². The first kappa shape index (κ1) is 28.1. The largest absolute Gasteiger partial charge is 0.316 e. The van der Waals surface area contributed by atoms with E-state index in [9.17, 15) is 0 Å². The van der Waals surface area contributed by atoms with Crippen LogP contribution >= 0.6 is 11.3 Å². The summed E-state index contributed by atoms with van der Waals surface area (Å²) in [5, 5.41) is 6.34. The van der Waals surface area contributed by atoms with Crippen molar-refractivity contribution in [3.63, 3.8) is 0 Å². The average molecular weight is 693 g/mol. The standard InChI is InChI=1S/C48H28N4S/c1-3-12-28(13-4-1)46-48(49-33-22-21-27-11-7-8-16-30(27)47(33)50-46)52-36-24-23-35-42-40-31(17-9-19-34(40)51(35)29-14-5-2-6-15-29)32-18-10-20-38-41(32)45-39(53-38)26-25-37(52)44(45)43(36)42/h1-26,37,44H. The Morgan fingerprint density at radius 2 is 1.36 bits per heavy atom. The van der Waals surface area contributed by atoms with Gasteiger partial charge < -0.3 is 9.47 Å². The smallest absolute Gasteiger partial charge is 0.160 e. The summed E-state index contributed by atoms with van der Waals surface area (Å²) >= 11 is 1.92. The van der Waals surface area contributed by atoms with Crippen LogP contribution in [0.2, 0.25) is 0 Å². The molecule has 4 nitrogen and oxygen atoms in total. The molecule has 0 saturated heterocycles. The van der Waals surface area contributed by atoms with E-state index in [1.807, 2.05) is 11.3 Å². The fourth-order valence-corrected chi connectivity index (χ4v) is 11.0. The number of anilines is 2. The quantitative estimate of drug-likeness (QED) is 0.173. The third-order valence-corrected chi connectivity index (χ3v) is 13.0. The van der Waals surface area contributed by atoms with Gasteiger partial charge >= 0.3 is 0 Å². The summed E-state index contributed by atoms with van der Waals surface area (Å²) in [6.07, 6.45) is 4.82. The van der Waals surface area contributed by atoms with Crippen LogP contribution in [0.4, 0.5) is 11.5 Å². The fourth-order valence-electron chi connectivity index (χ4n) is 9.79. The number of nitrogens with zero attached hydrogens (tertiary/aromatic N) is 4. The minimum atomic E-state index is 0.0176. The highest BCUT2D eigenvalue weighted by Crippen LogP contribution is 2.61. The number of rotatable bonds is 3. The molecular weight excluding hydrogens is 665 g/mol. The Morgan fingerprint density at radius 3 is 2.25 bits per heavy atom. The van der Waals surface area contributed by atoms with Gasteiger partial charge in [0, 0.05) is 54.0 Å². The molecule has 2 unspecified atom stereocenters. The second kappa shape index (κ2) is 10.1. The van der Waals surface area contributed by atoms with E-state index in [1.165, 1.54) is 75.8 Å². The van der Waals surface area contributed by atoms with Crippen molar-refractivity contribution in [2.24, 2.45) is 0 Å². The zero-order valence-corrected chi connectivity index (χ0v) is 29.2. The van der Waals surface area contributed by atoms with Gasteiger partial charge in [0.05, 0.1) is 28.1 Å². The van der Waals surface area contributed by atoms with Crippen molar-refractivity contribution in [1.82, 2.24) is 14.5 Å². The molecule has 0 radical (unpaired) electrons. The Morgan fingerprint density at radius 1 is 0.585 bits per heavy atom. The monoisotopic (exact) mass is 692 g/mol. The summed E-state index contributed by atoms with van der Waals surface area (Å²) in [4.78, 5) is 15.0. The van der Waals surface area contributed by atoms with Gasteiger partial charge in [-0.25, -0.2) is 9.97 Å². The molecule has 0 spiro atoms. The van der Waals surface area contributed by atoms with Crippen LogP contribution < -0.4 is 4.90 Å². The molecule has 5 heteroatoms. The highest BCUT2D eigenvalue weighted by atomic mass is 32.1. The number of benzene rings is 7. The molecule has 2 aliphatic carbocycles. The Bertz CT molecular complexity index is 3250. The van der Waals surface area contributed by atoms with Crippen LogP contribution in [0.15, 0.2) is 152 Å². The second-order valence-corrected chi connectivity index (χ2v) is 15.5. The molecule has 0 N–H and O–H groups in total. The molecule has 2 atom stereocenters. The molecule has 53 heavy (non-hydrogen) atoms. The number of fused-ring (bicyclic) bond motifs is 4. The maximum Gasteiger partial charge on any atom is 0.160 e. The molecule has 7 aromatic carbocycles. The summed E-state index contributed by atoms with van der Waals surface area (Å²) in [7, 11) is 0. The van der Waals surface area contributed by atoms with Crippen molar-refractivity contribution in [3.8, 4) is 28.1 Å². The summed E-state index contributed by atoms with van der Waals surface area (Å²) in [5.74, 6) is 1.01. The molecule has 0 saturated carbocycles. The second-order valence-electron chi connectivity index (χ2n) is 14.4. The van der Waals surface area contributed by atoms with E-state index < -0.39 is 0 Å². The van der Waals surface area contributed by atoms with Gasteiger partial charge in [-0.3, -0.25) is 0 Å². The van der Waals surface area contributed by atoms with E-state index in [0.717, 1.165) is 33.5 Å². The maximum atomic E-state index is 5.61. The summed E-state index contributed by atoms with van der Waals surface area (Å²) in [5.41, 5.74) is 14.1. The van der Waals surface area contributed by atoms with Gasteiger partial charge in [0.1, 0.15) is 5.69 Å².